The number of nitrogens with zero attached hydrogens (tertiary/aromatic N) is 2. The molecule has 0 amide bonds. The molecule has 0 saturated heterocycles. The van der Waals surface area contributed by atoms with Crippen molar-refractivity contribution in [2.45, 2.75) is 6.42 Å². The van der Waals surface area contributed by atoms with Crippen LogP contribution < -0.4 is 10.3 Å². The molecule has 0 fully saturated rings. The predicted octanol–water partition coefficient (Wildman–Crippen LogP) is 4.28. The first-order chi connectivity index (χ1) is 14.1. The summed E-state index contributed by atoms with van der Waals surface area (Å²) in [7, 11) is 1.64. The quantitative estimate of drug-likeness (QED) is 0.500. The maximum absolute atomic E-state index is 13.0. The minimum atomic E-state index is -0.221. The van der Waals surface area contributed by atoms with E-state index in [4.69, 9.17) is 16.3 Å². The minimum Gasteiger partial charge on any atom is -0.489 e. The van der Waals surface area contributed by atoms with Crippen molar-refractivity contribution in [2.75, 3.05) is 13.2 Å². The van der Waals surface area contributed by atoms with Gasteiger partial charge in [-0.2, -0.15) is 5.10 Å². The SMILES string of the molecule is Cn1nc(-c2ccccc2)c2sc(Cc3cccc(Cl)c3)c(OCCO)c2c1=O. The van der Waals surface area contributed by atoms with Crippen molar-refractivity contribution in [1.29, 1.82) is 0 Å². The Labute approximate surface area is 176 Å². The van der Waals surface area contributed by atoms with Gasteiger partial charge in [-0.05, 0) is 17.7 Å². The second-order valence-electron chi connectivity index (χ2n) is 6.58. The molecule has 7 heteroatoms. The molecule has 0 unspecified atom stereocenters. The van der Waals surface area contributed by atoms with Crippen LogP contribution in [-0.2, 0) is 13.5 Å². The molecule has 29 heavy (non-hydrogen) atoms. The number of halogens is 1. The fourth-order valence-corrected chi connectivity index (χ4v) is 4.75. The van der Waals surface area contributed by atoms with Crippen LogP contribution in [0.25, 0.3) is 21.3 Å². The first-order valence-corrected chi connectivity index (χ1v) is 10.3. The Bertz CT molecular complexity index is 1220. The number of aliphatic hydroxyl groups is 1. The smallest absolute Gasteiger partial charge is 0.279 e. The van der Waals surface area contributed by atoms with Crippen LogP contribution in [0.4, 0.5) is 0 Å². The van der Waals surface area contributed by atoms with Crippen LogP contribution in [0.15, 0.2) is 59.4 Å². The lowest BCUT2D eigenvalue weighted by atomic mass is 10.1. The average Bonchev–Trinajstić information content (AvgIpc) is 3.08. The van der Waals surface area contributed by atoms with Gasteiger partial charge in [0, 0.05) is 24.1 Å². The van der Waals surface area contributed by atoms with Gasteiger partial charge in [-0.1, -0.05) is 54.1 Å². The number of aromatic nitrogens is 2. The summed E-state index contributed by atoms with van der Waals surface area (Å²) in [5, 5.41) is 14.9. The number of ether oxygens (including phenoxy) is 1. The number of fused-ring (bicyclic) bond motifs is 1. The van der Waals surface area contributed by atoms with Crippen molar-refractivity contribution in [3.05, 3.63) is 80.4 Å². The van der Waals surface area contributed by atoms with E-state index in [0.717, 1.165) is 26.4 Å². The Morgan fingerprint density at radius 1 is 1.17 bits per heavy atom. The Kier molecular flexibility index (Phi) is 5.67. The normalized spacial score (nSPS) is 11.1. The van der Waals surface area contributed by atoms with E-state index >= 15 is 0 Å². The molecule has 0 saturated carbocycles. The van der Waals surface area contributed by atoms with E-state index in [1.165, 1.54) is 16.0 Å². The van der Waals surface area contributed by atoms with Crippen LogP contribution in [0.3, 0.4) is 0 Å². The Morgan fingerprint density at radius 3 is 2.69 bits per heavy atom. The van der Waals surface area contributed by atoms with Gasteiger partial charge in [0.1, 0.15) is 23.4 Å². The summed E-state index contributed by atoms with van der Waals surface area (Å²) in [6, 6.07) is 17.4. The van der Waals surface area contributed by atoms with Crippen LogP contribution in [0.2, 0.25) is 5.02 Å². The summed E-state index contributed by atoms with van der Waals surface area (Å²) in [6.07, 6.45) is 0.568. The zero-order valence-electron chi connectivity index (χ0n) is 15.8. The van der Waals surface area contributed by atoms with Crippen molar-refractivity contribution >= 4 is 33.0 Å². The van der Waals surface area contributed by atoms with Crippen molar-refractivity contribution in [1.82, 2.24) is 9.78 Å². The molecule has 5 nitrogen and oxygen atoms in total. The topological polar surface area (TPSA) is 64.3 Å². The van der Waals surface area contributed by atoms with Gasteiger partial charge in [0.05, 0.1) is 16.2 Å². The lowest BCUT2D eigenvalue weighted by Gasteiger charge is -2.08. The highest BCUT2D eigenvalue weighted by molar-refractivity contribution is 7.20. The molecule has 148 valence electrons. The summed E-state index contributed by atoms with van der Waals surface area (Å²) < 4.78 is 7.98. The molecular weight excluding hydrogens is 408 g/mol. The lowest BCUT2D eigenvalue weighted by molar-refractivity contribution is 0.202. The van der Waals surface area contributed by atoms with Gasteiger partial charge in [-0.25, -0.2) is 4.68 Å². The van der Waals surface area contributed by atoms with Gasteiger partial charge >= 0.3 is 0 Å². The number of rotatable bonds is 6. The molecule has 0 aliphatic heterocycles. The highest BCUT2D eigenvalue weighted by Gasteiger charge is 2.22. The number of hydrogen-bond donors (Lipinski definition) is 1. The van der Waals surface area contributed by atoms with Crippen LogP contribution in [-0.4, -0.2) is 28.1 Å². The number of benzene rings is 2. The number of hydrogen-bond acceptors (Lipinski definition) is 5. The van der Waals surface area contributed by atoms with E-state index in [9.17, 15) is 9.90 Å². The molecule has 0 radical (unpaired) electrons. The van der Waals surface area contributed by atoms with E-state index in [2.05, 4.69) is 5.10 Å². The summed E-state index contributed by atoms with van der Waals surface area (Å²) in [5.74, 6) is 0.513. The van der Waals surface area contributed by atoms with E-state index < -0.39 is 0 Å². The Morgan fingerprint density at radius 2 is 1.97 bits per heavy atom. The van der Waals surface area contributed by atoms with E-state index in [-0.39, 0.29) is 18.8 Å². The van der Waals surface area contributed by atoms with Crippen molar-refractivity contribution in [3.63, 3.8) is 0 Å². The summed E-state index contributed by atoms with van der Waals surface area (Å²) >= 11 is 7.63. The maximum atomic E-state index is 13.0. The zero-order chi connectivity index (χ0) is 20.4. The average molecular weight is 427 g/mol. The second kappa shape index (κ2) is 8.37. The van der Waals surface area contributed by atoms with Crippen molar-refractivity contribution in [2.24, 2.45) is 7.05 Å². The van der Waals surface area contributed by atoms with Crippen LogP contribution >= 0.6 is 22.9 Å². The third kappa shape index (κ3) is 3.92. The number of aryl methyl sites for hydroxylation is 1. The summed E-state index contributed by atoms with van der Waals surface area (Å²) in [6.45, 7) is -0.0224. The Balaban J connectivity index is 1.95. The van der Waals surface area contributed by atoms with E-state index in [1.54, 1.807) is 7.05 Å². The molecule has 0 aliphatic carbocycles. The molecule has 4 aromatic rings. The van der Waals surface area contributed by atoms with E-state index in [0.29, 0.717) is 22.6 Å². The lowest BCUT2D eigenvalue weighted by Crippen LogP contribution is -2.20. The molecule has 4 rings (SSSR count). The molecule has 0 aliphatic rings. The van der Waals surface area contributed by atoms with Crippen molar-refractivity contribution in [3.8, 4) is 17.0 Å². The van der Waals surface area contributed by atoms with Gasteiger partial charge in [0.2, 0.25) is 0 Å². The Hall–Kier alpha value is -2.67. The molecule has 1 N–H and O–H groups in total. The molecule has 2 heterocycles. The zero-order valence-corrected chi connectivity index (χ0v) is 17.3. The van der Waals surface area contributed by atoms with Crippen LogP contribution in [0.1, 0.15) is 10.4 Å². The van der Waals surface area contributed by atoms with Gasteiger partial charge in [-0.15, -0.1) is 11.3 Å². The molecule has 0 bridgehead atoms. The first kappa shape index (κ1) is 19.6. The largest absolute Gasteiger partial charge is 0.489 e. The summed E-state index contributed by atoms with van der Waals surface area (Å²) in [5.41, 5.74) is 2.46. The van der Waals surface area contributed by atoms with Crippen molar-refractivity contribution < 1.29 is 9.84 Å². The maximum Gasteiger partial charge on any atom is 0.279 e. The fraction of sp³-hybridized carbons (Fsp3) is 0.182. The van der Waals surface area contributed by atoms with Gasteiger partial charge in [-0.3, -0.25) is 4.79 Å². The van der Waals surface area contributed by atoms with Crippen LogP contribution in [0.5, 0.6) is 5.75 Å². The second-order valence-corrected chi connectivity index (χ2v) is 8.12. The number of aliphatic hydroxyl groups excluding tert-OH is 1. The fourth-order valence-electron chi connectivity index (χ4n) is 3.26. The summed E-state index contributed by atoms with van der Waals surface area (Å²) in [4.78, 5) is 13.9. The van der Waals surface area contributed by atoms with Crippen LogP contribution in [0, 0.1) is 0 Å². The monoisotopic (exact) mass is 426 g/mol. The van der Waals surface area contributed by atoms with Gasteiger partial charge in [0.25, 0.3) is 5.56 Å². The third-order valence-electron chi connectivity index (χ3n) is 4.54. The first-order valence-electron chi connectivity index (χ1n) is 9.14. The molecule has 0 spiro atoms. The highest BCUT2D eigenvalue weighted by atomic mass is 35.5. The third-order valence-corrected chi connectivity index (χ3v) is 5.96. The standard InChI is InChI=1S/C22H19ClN2O3S/c1-25-22(27)18-20(28-11-10-26)17(13-14-6-5-9-16(23)12-14)29-21(18)19(24-25)15-7-3-2-4-8-15/h2-9,12,26H,10-11,13H2,1H3. The molecule has 2 aromatic carbocycles. The molecular formula is C22H19ClN2O3S. The molecule has 0 atom stereocenters. The predicted molar refractivity (Wildman–Crippen MR) is 117 cm³/mol. The minimum absolute atomic E-state index is 0.112. The molecule has 2 aromatic heterocycles. The van der Waals surface area contributed by atoms with Gasteiger partial charge in [0.15, 0.2) is 0 Å². The van der Waals surface area contributed by atoms with Gasteiger partial charge < -0.3 is 9.84 Å². The van der Waals surface area contributed by atoms with E-state index in [1.807, 2.05) is 54.6 Å². The highest BCUT2D eigenvalue weighted by Crippen LogP contribution is 2.41. The number of thiophene rings is 1.